The molecule has 21 heavy (non-hydrogen) atoms. The lowest BCUT2D eigenvalue weighted by Crippen LogP contribution is -2.30. The predicted molar refractivity (Wildman–Crippen MR) is 86.9 cm³/mol. The maximum Gasteiger partial charge on any atom is 0.268 e. The molecule has 0 aromatic carbocycles. The fraction of sp³-hybridized carbons (Fsp3) is 0.750. The van der Waals surface area contributed by atoms with Gasteiger partial charge in [-0.2, -0.15) is 5.10 Å². The summed E-state index contributed by atoms with van der Waals surface area (Å²) < 4.78 is 1.57. The average molecular weight is 292 g/mol. The third kappa shape index (κ3) is 4.56. The van der Waals surface area contributed by atoms with Crippen LogP contribution in [0.25, 0.3) is 0 Å². The second-order valence-corrected chi connectivity index (χ2v) is 5.74. The molecular weight excluding hydrogens is 264 g/mol. The Bertz CT molecular complexity index is 475. The number of nitrogens with one attached hydrogen (secondary N) is 1. The van der Waals surface area contributed by atoms with E-state index in [-0.39, 0.29) is 5.56 Å². The molecule has 1 heterocycles. The van der Waals surface area contributed by atoms with Crippen LogP contribution in [0.5, 0.6) is 0 Å². The first-order valence-electron chi connectivity index (χ1n) is 8.30. The van der Waals surface area contributed by atoms with Gasteiger partial charge in [-0.1, -0.05) is 12.8 Å². The van der Waals surface area contributed by atoms with Gasteiger partial charge in [-0.15, -0.1) is 0 Å². The molecule has 0 saturated heterocycles. The number of hydrogen-bond donors (Lipinski definition) is 1. The van der Waals surface area contributed by atoms with Crippen LogP contribution in [0.15, 0.2) is 17.1 Å². The van der Waals surface area contributed by atoms with Crippen molar-refractivity contribution in [2.24, 2.45) is 0 Å². The summed E-state index contributed by atoms with van der Waals surface area (Å²) in [5, 5.41) is 7.87. The maximum atomic E-state index is 12.1. The largest absolute Gasteiger partial charge is 0.371 e. The highest BCUT2D eigenvalue weighted by atomic mass is 16.1. The highest BCUT2D eigenvalue weighted by Crippen LogP contribution is 2.17. The molecule has 1 saturated carbocycles. The van der Waals surface area contributed by atoms with Gasteiger partial charge in [0.25, 0.3) is 5.56 Å². The number of aromatic nitrogens is 2. The summed E-state index contributed by atoms with van der Waals surface area (Å²) in [6.07, 6.45) is 8.07. The zero-order valence-electron chi connectivity index (χ0n) is 13.3. The van der Waals surface area contributed by atoms with E-state index in [4.69, 9.17) is 0 Å². The molecule has 0 radical (unpaired) electrons. The van der Waals surface area contributed by atoms with E-state index in [0.29, 0.717) is 12.6 Å². The van der Waals surface area contributed by atoms with Crippen molar-refractivity contribution in [1.82, 2.24) is 15.1 Å². The SMILES string of the molecule is CCN(CC)c1cnn(CCCNC2CCCC2)c(=O)c1. The van der Waals surface area contributed by atoms with Crippen molar-refractivity contribution in [3.05, 3.63) is 22.6 Å². The Balaban J connectivity index is 1.81. The summed E-state index contributed by atoms with van der Waals surface area (Å²) in [7, 11) is 0. The highest BCUT2D eigenvalue weighted by Gasteiger charge is 2.13. The van der Waals surface area contributed by atoms with E-state index in [1.165, 1.54) is 25.7 Å². The second kappa shape index (κ2) is 8.17. The molecular formula is C16H28N4O. The Morgan fingerprint density at radius 1 is 1.33 bits per heavy atom. The average Bonchev–Trinajstić information content (AvgIpc) is 3.00. The van der Waals surface area contributed by atoms with Crippen LogP contribution < -0.4 is 15.8 Å². The Morgan fingerprint density at radius 3 is 2.67 bits per heavy atom. The molecule has 118 valence electrons. The smallest absolute Gasteiger partial charge is 0.268 e. The number of anilines is 1. The molecule has 0 amide bonds. The van der Waals surface area contributed by atoms with Gasteiger partial charge in [-0.05, 0) is 39.7 Å². The third-order valence-electron chi connectivity index (χ3n) is 4.32. The lowest BCUT2D eigenvalue weighted by molar-refractivity contribution is 0.474. The van der Waals surface area contributed by atoms with Crippen LogP contribution in [0.2, 0.25) is 0 Å². The van der Waals surface area contributed by atoms with E-state index in [1.54, 1.807) is 16.9 Å². The molecule has 1 aliphatic rings. The molecule has 0 spiro atoms. The first kappa shape index (κ1) is 16.0. The zero-order valence-corrected chi connectivity index (χ0v) is 13.3. The minimum atomic E-state index is 0.000247. The lowest BCUT2D eigenvalue weighted by Gasteiger charge is -2.20. The minimum absolute atomic E-state index is 0.000247. The van der Waals surface area contributed by atoms with Crippen LogP contribution >= 0.6 is 0 Å². The summed E-state index contributed by atoms with van der Waals surface area (Å²) in [6.45, 7) is 7.63. The predicted octanol–water partition coefficient (Wildman–Crippen LogP) is 2.01. The molecule has 5 heteroatoms. The first-order valence-corrected chi connectivity index (χ1v) is 8.30. The van der Waals surface area contributed by atoms with Crippen molar-refractivity contribution in [3.63, 3.8) is 0 Å². The summed E-state index contributed by atoms with van der Waals surface area (Å²) in [4.78, 5) is 14.2. The second-order valence-electron chi connectivity index (χ2n) is 5.74. The van der Waals surface area contributed by atoms with Gasteiger partial charge in [0.2, 0.25) is 0 Å². The van der Waals surface area contributed by atoms with E-state index in [0.717, 1.165) is 31.7 Å². The van der Waals surface area contributed by atoms with Crippen molar-refractivity contribution in [3.8, 4) is 0 Å². The molecule has 0 bridgehead atoms. The first-order chi connectivity index (χ1) is 10.2. The number of aryl methyl sites for hydroxylation is 1. The van der Waals surface area contributed by atoms with E-state index >= 15 is 0 Å². The van der Waals surface area contributed by atoms with Gasteiger partial charge in [0.1, 0.15) is 0 Å². The zero-order chi connectivity index (χ0) is 15.1. The molecule has 1 aromatic rings. The monoisotopic (exact) mass is 292 g/mol. The molecule has 0 unspecified atom stereocenters. The normalized spacial score (nSPS) is 15.5. The summed E-state index contributed by atoms with van der Waals surface area (Å²) in [5.41, 5.74) is 0.922. The maximum absolute atomic E-state index is 12.1. The van der Waals surface area contributed by atoms with Gasteiger partial charge in [-0.3, -0.25) is 4.79 Å². The molecule has 5 nitrogen and oxygen atoms in total. The van der Waals surface area contributed by atoms with Crippen LogP contribution in [0.1, 0.15) is 46.0 Å². The third-order valence-corrected chi connectivity index (χ3v) is 4.32. The summed E-state index contributed by atoms with van der Waals surface area (Å²) >= 11 is 0. The Labute approximate surface area is 127 Å². The number of rotatable bonds is 8. The van der Waals surface area contributed by atoms with Crippen LogP contribution in [-0.4, -0.2) is 35.5 Å². The van der Waals surface area contributed by atoms with Gasteiger partial charge >= 0.3 is 0 Å². The Morgan fingerprint density at radius 2 is 2.05 bits per heavy atom. The molecule has 1 fully saturated rings. The van der Waals surface area contributed by atoms with Crippen molar-refractivity contribution in [1.29, 1.82) is 0 Å². The number of nitrogens with zero attached hydrogens (tertiary/aromatic N) is 3. The van der Waals surface area contributed by atoms with Gasteiger partial charge in [0.15, 0.2) is 0 Å². The molecule has 0 aliphatic heterocycles. The van der Waals surface area contributed by atoms with Gasteiger partial charge in [0.05, 0.1) is 11.9 Å². The van der Waals surface area contributed by atoms with E-state index in [2.05, 4.69) is 29.2 Å². The Hall–Kier alpha value is -1.36. The summed E-state index contributed by atoms with van der Waals surface area (Å²) in [5.74, 6) is 0. The van der Waals surface area contributed by atoms with Gasteiger partial charge in [-0.25, -0.2) is 4.68 Å². The number of hydrogen-bond acceptors (Lipinski definition) is 4. The van der Waals surface area contributed by atoms with Crippen molar-refractivity contribution in [2.45, 2.75) is 58.5 Å². The standard InChI is InChI=1S/C16H28N4O/c1-3-19(4-2)15-12-16(21)20(18-13-15)11-7-10-17-14-8-5-6-9-14/h12-14,17H,3-11H2,1-2H3. The lowest BCUT2D eigenvalue weighted by atomic mass is 10.2. The quantitative estimate of drug-likeness (QED) is 0.745. The minimum Gasteiger partial charge on any atom is -0.371 e. The van der Waals surface area contributed by atoms with Crippen molar-refractivity contribution < 1.29 is 0 Å². The molecule has 0 atom stereocenters. The molecule has 2 rings (SSSR count). The fourth-order valence-corrected chi connectivity index (χ4v) is 3.02. The van der Waals surface area contributed by atoms with Gasteiger partial charge in [0, 0.05) is 31.7 Å². The van der Waals surface area contributed by atoms with Crippen LogP contribution in [0.4, 0.5) is 5.69 Å². The van der Waals surface area contributed by atoms with Crippen LogP contribution in [0.3, 0.4) is 0 Å². The Kier molecular flexibility index (Phi) is 6.23. The van der Waals surface area contributed by atoms with E-state index in [9.17, 15) is 4.79 Å². The fourth-order valence-electron chi connectivity index (χ4n) is 3.02. The molecule has 1 N–H and O–H groups in total. The van der Waals surface area contributed by atoms with Gasteiger partial charge < -0.3 is 10.2 Å². The summed E-state index contributed by atoms with van der Waals surface area (Å²) in [6, 6.07) is 2.39. The molecule has 1 aliphatic carbocycles. The van der Waals surface area contributed by atoms with Crippen molar-refractivity contribution in [2.75, 3.05) is 24.5 Å². The topological polar surface area (TPSA) is 50.2 Å². The molecule has 1 aromatic heterocycles. The van der Waals surface area contributed by atoms with Crippen LogP contribution in [0, 0.1) is 0 Å². The van der Waals surface area contributed by atoms with Crippen LogP contribution in [-0.2, 0) is 6.54 Å². The highest BCUT2D eigenvalue weighted by molar-refractivity contribution is 5.42. The van der Waals surface area contributed by atoms with Crippen molar-refractivity contribution >= 4 is 5.69 Å². The van der Waals surface area contributed by atoms with E-state index in [1.807, 2.05) is 0 Å². The van der Waals surface area contributed by atoms with E-state index < -0.39 is 0 Å².